The van der Waals surface area contributed by atoms with Gasteiger partial charge in [-0.15, -0.1) is 0 Å². The van der Waals surface area contributed by atoms with Crippen LogP contribution < -0.4 is 12.4 Å². The average Bonchev–Trinajstić information content (AvgIpc) is 2.24. The Labute approximate surface area is 76.4 Å². The molecule has 1 aliphatic rings. The number of halogens is 1. The van der Waals surface area contributed by atoms with E-state index in [0.717, 1.165) is 6.61 Å². The quantitative estimate of drug-likeness (QED) is 0.388. The summed E-state index contributed by atoms with van der Waals surface area (Å²) in [6.45, 7) is 3.11. The smallest absolute Gasteiger partial charge is 1.00 e. The van der Waals surface area contributed by atoms with Gasteiger partial charge < -0.3 is 17.1 Å². The molecule has 0 N–H and O–H groups in total. The van der Waals surface area contributed by atoms with E-state index in [1.807, 2.05) is 26.8 Å². The van der Waals surface area contributed by atoms with E-state index in [0.29, 0.717) is 6.10 Å². The minimum atomic E-state index is 0. The normalized spacial score (nSPS) is 23.8. The van der Waals surface area contributed by atoms with Crippen LogP contribution in [0.3, 0.4) is 0 Å². The first-order chi connectivity index (χ1) is 3.89. The third kappa shape index (κ3) is 6.91. The van der Waals surface area contributed by atoms with Crippen molar-refractivity contribution in [1.29, 1.82) is 0 Å². The van der Waals surface area contributed by atoms with E-state index in [-0.39, 0.29) is 12.4 Å². The average molecular weight is 161 g/mol. The maximum Gasteiger partial charge on any atom is -1.00 e. The summed E-state index contributed by atoms with van der Waals surface area (Å²) in [5, 5.41) is 2.03. The predicted octanol–water partition coefficient (Wildman–Crippen LogP) is -1.61. The van der Waals surface area contributed by atoms with Crippen molar-refractivity contribution in [1.82, 2.24) is 0 Å². The molecule has 0 aliphatic carbocycles. The molecule has 1 fully saturated rings. The molecule has 0 spiro atoms. The second kappa shape index (κ2) is 9.02. The Morgan fingerprint density at radius 2 is 2.00 bits per heavy atom. The largest absolute Gasteiger partial charge is 1.00 e. The van der Waals surface area contributed by atoms with Gasteiger partial charge in [-0.25, -0.2) is 0 Å². The van der Waals surface area contributed by atoms with Crippen LogP contribution in [0.15, 0.2) is 0 Å². The van der Waals surface area contributed by atoms with Crippen LogP contribution >= 0.6 is 0 Å². The fourth-order valence-electron chi connectivity index (χ4n) is 0.739. The van der Waals surface area contributed by atoms with Gasteiger partial charge in [0.25, 0.3) is 0 Å². The summed E-state index contributed by atoms with van der Waals surface area (Å²) in [7, 11) is 0. The number of rotatable bonds is 0. The summed E-state index contributed by atoms with van der Waals surface area (Å²) in [5.41, 5.74) is 0. The van der Waals surface area contributed by atoms with Gasteiger partial charge in [0.05, 0.1) is 6.10 Å². The fourth-order valence-corrected chi connectivity index (χ4v) is 0.739. The topological polar surface area (TPSA) is 9.23 Å². The molecular formula is C6H13ClMgO. The Kier molecular flexibility index (Phi) is 12.7. The van der Waals surface area contributed by atoms with Crippen LogP contribution in [0.1, 0.15) is 19.8 Å². The van der Waals surface area contributed by atoms with E-state index >= 15 is 0 Å². The summed E-state index contributed by atoms with van der Waals surface area (Å²) in [6, 6.07) is 0. The van der Waals surface area contributed by atoms with Gasteiger partial charge in [-0.2, -0.15) is 0 Å². The molecule has 1 unspecified atom stereocenters. The monoisotopic (exact) mass is 160 g/mol. The van der Waals surface area contributed by atoms with Crippen molar-refractivity contribution in [2.24, 2.45) is 0 Å². The minimum absolute atomic E-state index is 0. The van der Waals surface area contributed by atoms with Crippen molar-refractivity contribution >= 4 is 21.7 Å². The van der Waals surface area contributed by atoms with Crippen LogP contribution in [-0.4, -0.2) is 34.4 Å². The molecule has 0 aromatic carbocycles. The van der Waals surface area contributed by atoms with Gasteiger partial charge in [0.1, 0.15) is 0 Å². The zero-order chi connectivity index (χ0) is 6.41. The van der Waals surface area contributed by atoms with Gasteiger partial charge in [0.15, 0.2) is 0 Å². The molecule has 1 rings (SSSR count). The molecule has 3 heteroatoms. The Morgan fingerprint density at radius 3 is 2.11 bits per heavy atom. The van der Waals surface area contributed by atoms with E-state index in [1.165, 1.54) is 12.8 Å². The van der Waals surface area contributed by atoms with E-state index in [4.69, 9.17) is 4.74 Å². The molecule has 0 aromatic rings. The molecule has 1 heterocycles. The van der Waals surface area contributed by atoms with Crippen LogP contribution in [-0.2, 0) is 4.74 Å². The number of ether oxygens (including phenoxy) is 1. The molecule has 9 heavy (non-hydrogen) atoms. The molecule has 1 saturated heterocycles. The van der Waals surface area contributed by atoms with Crippen LogP contribution in [0.5, 0.6) is 0 Å². The van der Waals surface area contributed by atoms with Crippen molar-refractivity contribution in [2.45, 2.75) is 30.9 Å². The fraction of sp³-hybridized carbons (Fsp3) is 1.00. The van der Waals surface area contributed by atoms with Gasteiger partial charge in [-0.05, 0) is 19.8 Å². The Morgan fingerprint density at radius 1 is 1.44 bits per heavy atom. The molecule has 52 valence electrons. The second-order valence-corrected chi connectivity index (χ2v) is 1.82. The van der Waals surface area contributed by atoms with Crippen molar-refractivity contribution in [3.63, 3.8) is 0 Å². The van der Waals surface area contributed by atoms with Gasteiger partial charge in [-0.3, -0.25) is 0 Å². The second-order valence-electron chi connectivity index (χ2n) is 1.82. The predicted molar refractivity (Wildman–Crippen MR) is 36.3 cm³/mol. The van der Waals surface area contributed by atoms with Crippen LogP contribution in [0.2, 0.25) is 5.05 Å². The molecule has 1 atom stereocenters. The first kappa shape index (κ1) is 12.7. The Balaban J connectivity index is 0. The van der Waals surface area contributed by atoms with Gasteiger partial charge in [-0.1, -0.05) is 0 Å². The zero-order valence-corrected chi connectivity index (χ0v) is 8.36. The first-order valence-corrected chi connectivity index (χ1v) is 4.63. The SMILES string of the molecule is CC1CCCO1.[CH3][Mg+].[Cl-]. The van der Waals surface area contributed by atoms with E-state index in [2.05, 4.69) is 6.92 Å². The van der Waals surface area contributed by atoms with Gasteiger partial charge >= 0.3 is 26.8 Å². The molecule has 0 amide bonds. The van der Waals surface area contributed by atoms with E-state index in [1.54, 1.807) is 0 Å². The number of hydrogen-bond acceptors (Lipinski definition) is 1. The summed E-state index contributed by atoms with van der Waals surface area (Å²) >= 11 is 1.86. The van der Waals surface area contributed by atoms with Crippen molar-refractivity contribution in [2.75, 3.05) is 6.61 Å². The van der Waals surface area contributed by atoms with Gasteiger partial charge in [0, 0.05) is 6.61 Å². The Bertz CT molecular complexity index is 46.3. The summed E-state index contributed by atoms with van der Waals surface area (Å²) in [5.74, 6) is 0. The first-order valence-electron chi connectivity index (χ1n) is 3.22. The summed E-state index contributed by atoms with van der Waals surface area (Å²) < 4.78 is 5.15. The van der Waals surface area contributed by atoms with Crippen LogP contribution in [0.25, 0.3) is 0 Å². The minimum Gasteiger partial charge on any atom is -1.00 e. The molecule has 0 bridgehead atoms. The van der Waals surface area contributed by atoms with Crippen molar-refractivity contribution < 1.29 is 17.1 Å². The summed E-state index contributed by atoms with van der Waals surface area (Å²) in [4.78, 5) is 0. The number of hydrogen-bond donors (Lipinski definition) is 0. The molecule has 0 aromatic heterocycles. The molecule has 0 radical (unpaired) electrons. The summed E-state index contributed by atoms with van der Waals surface area (Å²) in [6.07, 6.45) is 3.08. The third-order valence-electron chi connectivity index (χ3n) is 1.16. The standard InChI is InChI=1S/C5H10O.CH3.ClH.Mg/c1-5-3-2-4-6-5;;;/h5H,2-4H2,1H3;1H3;1H;/q;;;+1/p-1. The zero-order valence-electron chi connectivity index (χ0n) is 6.19. The molecule has 1 nitrogen and oxygen atoms in total. The van der Waals surface area contributed by atoms with Crippen molar-refractivity contribution in [3.8, 4) is 0 Å². The maximum absolute atomic E-state index is 5.15. The Hall–Kier alpha value is 1.02. The molecule has 1 aliphatic heterocycles. The van der Waals surface area contributed by atoms with Crippen LogP contribution in [0.4, 0.5) is 0 Å². The van der Waals surface area contributed by atoms with E-state index < -0.39 is 0 Å². The maximum atomic E-state index is 5.15. The van der Waals surface area contributed by atoms with E-state index in [9.17, 15) is 0 Å². The molecule has 0 saturated carbocycles. The molecular weight excluding hydrogens is 148 g/mol. The van der Waals surface area contributed by atoms with Gasteiger partial charge in [0.2, 0.25) is 0 Å². The third-order valence-corrected chi connectivity index (χ3v) is 1.16. The van der Waals surface area contributed by atoms with Crippen molar-refractivity contribution in [3.05, 3.63) is 0 Å². The van der Waals surface area contributed by atoms with Crippen LogP contribution in [0, 0.1) is 0 Å².